The number of rotatable bonds is 22. The Morgan fingerprint density at radius 1 is 0.714 bits per heavy atom. The van der Waals surface area contributed by atoms with Crippen LogP contribution in [-0.4, -0.2) is 93.6 Å². The molecule has 274 valence electrons. The largest absolute Gasteiger partial charge is 0.508 e. The normalized spacial score (nSPS) is 14.1. The van der Waals surface area contributed by atoms with E-state index in [-0.39, 0.29) is 68.6 Å². The van der Waals surface area contributed by atoms with Gasteiger partial charge in [0.15, 0.2) is 5.96 Å². The molecule has 0 spiro atoms. The number of nitrogens with one attached hydrogen (secondary N) is 4. The van der Waals surface area contributed by atoms with Gasteiger partial charge in [-0.2, -0.15) is 0 Å². The van der Waals surface area contributed by atoms with E-state index >= 15 is 0 Å². The lowest BCUT2D eigenvalue weighted by Crippen LogP contribution is -2.58. The number of carboxylic acids is 2. The summed E-state index contributed by atoms with van der Waals surface area (Å²) in [5.74, 6) is -5.94. The number of amides is 4. The summed E-state index contributed by atoms with van der Waals surface area (Å²) in [6.45, 7) is 7.29. The van der Waals surface area contributed by atoms with E-state index in [4.69, 9.17) is 17.2 Å². The van der Waals surface area contributed by atoms with Gasteiger partial charge in [-0.1, -0.05) is 39.8 Å². The molecule has 0 saturated heterocycles. The van der Waals surface area contributed by atoms with Crippen molar-refractivity contribution in [3.8, 4) is 5.75 Å². The molecule has 1 aromatic rings. The van der Waals surface area contributed by atoms with Gasteiger partial charge in [0, 0.05) is 13.0 Å². The number of phenols is 1. The molecule has 4 amide bonds. The van der Waals surface area contributed by atoms with Gasteiger partial charge in [0.2, 0.25) is 23.6 Å². The lowest BCUT2D eigenvalue weighted by Gasteiger charge is -2.27. The second kappa shape index (κ2) is 21.1. The van der Waals surface area contributed by atoms with Crippen LogP contribution >= 0.6 is 0 Å². The fraction of sp³-hybridized carbons (Fsp3) is 0.594. The number of phenolic OH excluding ortho intramolecular Hbond substituents is 1. The van der Waals surface area contributed by atoms with Crippen LogP contribution in [0.5, 0.6) is 5.75 Å². The summed E-state index contributed by atoms with van der Waals surface area (Å²) in [6.07, 6.45) is -0.312. The maximum absolute atomic E-state index is 13.5. The first-order valence-corrected chi connectivity index (χ1v) is 16.1. The number of guanidine groups is 1. The van der Waals surface area contributed by atoms with Gasteiger partial charge >= 0.3 is 11.9 Å². The van der Waals surface area contributed by atoms with Gasteiger partial charge in [-0.25, -0.2) is 4.79 Å². The summed E-state index contributed by atoms with van der Waals surface area (Å²) in [4.78, 5) is 80.4. The maximum atomic E-state index is 13.5. The third-order valence-corrected chi connectivity index (χ3v) is 7.25. The van der Waals surface area contributed by atoms with E-state index in [0.717, 1.165) is 0 Å². The van der Waals surface area contributed by atoms with Gasteiger partial charge in [0.1, 0.15) is 29.9 Å². The van der Waals surface area contributed by atoms with Crippen LogP contribution in [0.25, 0.3) is 0 Å². The SMILES string of the molecule is CC(C)C[C@H](NC(=O)[C@H](CCCN=C(N)N)NC(=O)[C@H](CCC(=O)O)NC(=O)[C@H](CC(C)C)NC(=O)[C@@H](N)Cc1ccc(O)cc1)C(=O)O. The average molecular weight is 693 g/mol. The van der Waals surface area contributed by atoms with Crippen molar-refractivity contribution in [2.75, 3.05) is 6.54 Å². The van der Waals surface area contributed by atoms with E-state index in [9.17, 15) is 44.1 Å². The first-order chi connectivity index (χ1) is 22.9. The predicted octanol–water partition coefficient (Wildman–Crippen LogP) is -0.704. The summed E-state index contributed by atoms with van der Waals surface area (Å²) in [5.41, 5.74) is 17.5. The molecule has 13 N–H and O–H groups in total. The van der Waals surface area contributed by atoms with Crippen LogP contribution in [0.2, 0.25) is 0 Å². The van der Waals surface area contributed by atoms with Crippen molar-refractivity contribution in [3.63, 3.8) is 0 Å². The van der Waals surface area contributed by atoms with Gasteiger partial charge in [-0.15, -0.1) is 0 Å². The van der Waals surface area contributed by atoms with Gasteiger partial charge < -0.3 is 53.8 Å². The van der Waals surface area contributed by atoms with Crippen LogP contribution in [0.1, 0.15) is 71.8 Å². The van der Waals surface area contributed by atoms with E-state index in [1.54, 1.807) is 26.0 Å². The molecule has 0 aliphatic rings. The molecule has 17 nitrogen and oxygen atoms in total. The molecule has 0 aromatic heterocycles. The number of carboxylic acid groups (broad SMARTS) is 2. The zero-order valence-corrected chi connectivity index (χ0v) is 28.5. The molecule has 0 radical (unpaired) electrons. The minimum Gasteiger partial charge on any atom is -0.508 e. The summed E-state index contributed by atoms with van der Waals surface area (Å²) in [5, 5.41) is 38.5. The molecule has 1 rings (SSSR count). The number of hydrogen-bond acceptors (Lipinski definition) is 9. The predicted molar refractivity (Wildman–Crippen MR) is 181 cm³/mol. The van der Waals surface area contributed by atoms with Crippen molar-refractivity contribution in [3.05, 3.63) is 29.8 Å². The molecule has 0 unspecified atom stereocenters. The number of carbonyl (C=O) groups excluding carboxylic acids is 4. The molecule has 0 aliphatic carbocycles. The number of nitrogens with two attached hydrogens (primary N) is 3. The maximum Gasteiger partial charge on any atom is 0.326 e. The Hall–Kier alpha value is -4.93. The number of aliphatic imine (C=N–C) groups is 1. The van der Waals surface area contributed by atoms with Gasteiger partial charge in [0.25, 0.3) is 0 Å². The minimum absolute atomic E-state index is 0.0209. The summed E-state index contributed by atoms with van der Waals surface area (Å²) < 4.78 is 0. The van der Waals surface area contributed by atoms with Crippen molar-refractivity contribution in [2.45, 2.75) is 103 Å². The Morgan fingerprint density at radius 2 is 1.18 bits per heavy atom. The summed E-state index contributed by atoms with van der Waals surface area (Å²) in [7, 11) is 0. The zero-order valence-electron chi connectivity index (χ0n) is 28.5. The van der Waals surface area contributed by atoms with Gasteiger partial charge in [-0.3, -0.25) is 29.0 Å². The van der Waals surface area contributed by atoms with Gasteiger partial charge in [0.05, 0.1) is 6.04 Å². The van der Waals surface area contributed by atoms with E-state index in [1.165, 1.54) is 12.1 Å². The smallest absolute Gasteiger partial charge is 0.326 e. The Labute approximate surface area is 285 Å². The molecule has 49 heavy (non-hydrogen) atoms. The van der Waals surface area contributed by atoms with Crippen molar-refractivity contribution in [1.82, 2.24) is 21.3 Å². The minimum atomic E-state index is -1.44. The molecule has 0 aliphatic heterocycles. The lowest BCUT2D eigenvalue weighted by atomic mass is 10.0. The highest BCUT2D eigenvalue weighted by Crippen LogP contribution is 2.13. The zero-order chi connectivity index (χ0) is 37.3. The molecular weight excluding hydrogens is 640 g/mol. The standard InChI is InChI=1S/C32H52N8O9/c1-17(2)14-24(39-27(44)21(33)16-19-7-9-20(41)10-8-19)30(47)38-23(11-12-26(42)43)29(46)37-22(6-5-13-36-32(34)35)28(45)40-25(31(48)49)15-18(3)4/h7-10,17-18,21-25,41H,5-6,11-16,33H2,1-4H3,(H,37,46)(H,38,47)(H,39,44)(H,40,45)(H,42,43)(H,48,49)(H4,34,35,36)/t21-,22-,23-,24-,25-/m0/s1. The molecule has 0 bridgehead atoms. The molecule has 5 atom stereocenters. The Bertz CT molecular complexity index is 1300. The third-order valence-electron chi connectivity index (χ3n) is 7.25. The van der Waals surface area contributed by atoms with Crippen LogP contribution < -0.4 is 38.5 Å². The number of nitrogens with zero attached hydrogens (tertiary/aromatic N) is 1. The van der Waals surface area contributed by atoms with Crippen molar-refractivity contribution in [1.29, 1.82) is 0 Å². The highest BCUT2D eigenvalue weighted by molar-refractivity contribution is 5.95. The van der Waals surface area contributed by atoms with E-state index < -0.39 is 72.2 Å². The Balaban J connectivity index is 3.21. The highest BCUT2D eigenvalue weighted by atomic mass is 16.4. The molecule has 0 fully saturated rings. The first kappa shape index (κ1) is 42.1. The second-order valence-corrected chi connectivity index (χ2v) is 12.7. The Morgan fingerprint density at radius 3 is 1.67 bits per heavy atom. The van der Waals surface area contributed by atoms with Crippen LogP contribution in [0, 0.1) is 11.8 Å². The first-order valence-electron chi connectivity index (χ1n) is 16.1. The molecule has 0 heterocycles. The van der Waals surface area contributed by atoms with E-state index in [2.05, 4.69) is 26.3 Å². The van der Waals surface area contributed by atoms with Crippen molar-refractivity contribution >= 4 is 41.5 Å². The van der Waals surface area contributed by atoms with E-state index in [0.29, 0.717) is 5.56 Å². The number of hydrogen-bond donors (Lipinski definition) is 10. The summed E-state index contributed by atoms with van der Waals surface area (Å²) >= 11 is 0. The average Bonchev–Trinajstić information content (AvgIpc) is 2.99. The third kappa shape index (κ3) is 17.2. The molecule has 17 heteroatoms. The lowest BCUT2D eigenvalue weighted by molar-refractivity contribution is -0.142. The number of aromatic hydroxyl groups is 1. The van der Waals surface area contributed by atoms with Crippen LogP contribution in [0.3, 0.4) is 0 Å². The fourth-order valence-corrected chi connectivity index (χ4v) is 4.78. The molecule has 0 saturated carbocycles. The van der Waals surface area contributed by atoms with Crippen LogP contribution in [0.4, 0.5) is 0 Å². The number of benzene rings is 1. The molecular formula is C32H52N8O9. The quantitative estimate of drug-likeness (QED) is 0.0410. The summed E-state index contributed by atoms with van der Waals surface area (Å²) in [6, 6.07) is -0.0695. The number of carbonyl (C=O) groups is 6. The number of aliphatic carboxylic acids is 2. The monoisotopic (exact) mass is 692 g/mol. The fourth-order valence-electron chi connectivity index (χ4n) is 4.78. The second-order valence-electron chi connectivity index (χ2n) is 12.7. The van der Waals surface area contributed by atoms with Crippen molar-refractivity contribution in [2.24, 2.45) is 34.0 Å². The van der Waals surface area contributed by atoms with Crippen LogP contribution in [-0.2, 0) is 35.2 Å². The Kier molecular flexibility index (Phi) is 18.1. The highest BCUT2D eigenvalue weighted by Gasteiger charge is 2.32. The van der Waals surface area contributed by atoms with E-state index in [1.807, 2.05) is 13.8 Å². The van der Waals surface area contributed by atoms with Crippen LogP contribution in [0.15, 0.2) is 29.3 Å². The molecule has 1 aromatic carbocycles. The topological polar surface area (TPSA) is 302 Å². The van der Waals surface area contributed by atoms with Gasteiger partial charge in [-0.05, 0) is 68.1 Å². The van der Waals surface area contributed by atoms with Crippen molar-refractivity contribution < 1.29 is 44.1 Å².